The average Bonchev–Trinajstić information content (AvgIpc) is 2.87. The lowest BCUT2D eigenvalue weighted by Crippen LogP contribution is -2.18. The summed E-state index contributed by atoms with van der Waals surface area (Å²) in [5.41, 5.74) is 1.44. The van der Waals surface area contributed by atoms with E-state index in [1.165, 1.54) is 6.07 Å². The van der Waals surface area contributed by atoms with Gasteiger partial charge < -0.3 is 14.6 Å². The minimum absolute atomic E-state index is 0.321. The molecule has 0 unspecified atom stereocenters. The second-order valence-corrected chi connectivity index (χ2v) is 4.60. The molecule has 0 saturated heterocycles. The van der Waals surface area contributed by atoms with Crippen molar-refractivity contribution in [2.24, 2.45) is 0 Å². The summed E-state index contributed by atoms with van der Waals surface area (Å²) in [4.78, 5) is 0. The SMILES string of the molecule is COCCNCc1ccn(Cc2cc(F)ccc2F)c1. The van der Waals surface area contributed by atoms with Crippen LogP contribution in [0.3, 0.4) is 0 Å². The number of methoxy groups -OCH3 is 1. The molecule has 0 amide bonds. The molecule has 0 fully saturated rings. The highest BCUT2D eigenvalue weighted by Gasteiger charge is 2.05. The topological polar surface area (TPSA) is 26.2 Å². The van der Waals surface area contributed by atoms with Crippen LogP contribution in [0.5, 0.6) is 0 Å². The summed E-state index contributed by atoms with van der Waals surface area (Å²) in [7, 11) is 1.66. The van der Waals surface area contributed by atoms with Crippen molar-refractivity contribution >= 4 is 0 Å². The Hall–Kier alpha value is -1.72. The highest BCUT2D eigenvalue weighted by Crippen LogP contribution is 2.12. The number of rotatable bonds is 7. The van der Waals surface area contributed by atoms with E-state index < -0.39 is 5.82 Å². The first-order valence-corrected chi connectivity index (χ1v) is 6.47. The van der Waals surface area contributed by atoms with E-state index in [-0.39, 0.29) is 5.82 Å². The zero-order valence-electron chi connectivity index (χ0n) is 11.4. The second kappa shape index (κ2) is 7.17. The Labute approximate surface area is 117 Å². The van der Waals surface area contributed by atoms with Gasteiger partial charge in [0.1, 0.15) is 11.6 Å². The van der Waals surface area contributed by atoms with Crippen LogP contribution in [-0.4, -0.2) is 24.8 Å². The molecule has 1 heterocycles. The van der Waals surface area contributed by atoms with E-state index >= 15 is 0 Å². The van der Waals surface area contributed by atoms with Crippen LogP contribution in [0.15, 0.2) is 36.7 Å². The Bertz CT molecular complexity index is 555. The molecule has 0 bridgehead atoms. The average molecular weight is 280 g/mol. The highest BCUT2D eigenvalue weighted by atomic mass is 19.1. The summed E-state index contributed by atoms with van der Waals surface area (Å²) in [5, 5.41) is 3.23. The maximum absolute atomic E-state index is 13.5. The molecule has 0 radical (unpaired) electrons. The lowest BCUT2D eigenvalue weighted by Gasteiger charge is -2.05. The minimum Gasteiger partial charge on any atom is -0.383 e. The molecule has 1 aromatic heterocycles. The fourth-order valence-corrected chi connectivity index (χ4v) is 1.96. The van der Waals surface area contributed by atoms with Crippen LogP contribution >= 0.6 is 0 Å². The molecule has 0 aliphatic carbocycles. The maximum Gasteiger partial charge on any atom is 0.128 e. The van der Waals surface area contributed by atoms with E-state index in [1.54, 1.807) is 7.11 Å². The normalized spacial score (nSPS) is 10.9. The van der Waals surface area contributed by atoms with Gasteiger partial charge in [-0.25, -0.2) is 8.78 Å². The van der Waals surface area contributed by atoms with Crippen LogP contribution in [0.2, 0.25) is 0 Å². The van der Waals surface area contributed by atoms with Crippen molar-refractivity contribution in [1.29, 1.82) is 0 Å². The van der Waals surface area contributed by atoms with Gasteiger partial charge in [-0.05, 0) is 29.8 Å². The Kier molecular flexibility index (Phi) is 5.26. The van der Waals surface area contributed by atoms with Gasteiger partial charge in [-0.1, -0.05) is 0 Å². The molecule has 5 heteroatoms. The van der Waals surface area contributed by atoms with Crippen molar-refractivity contribution in [3.8, 4) is 0 Å². The van der Waals surface area contributed by atoms with Crippen LogP contribution in [0.1, 0.15) is 11.1 Å². The number of hydrogen-bond acceptors (Lipinski definition) is 2. The zero-order chi connectivity index (χ0) is 14.4. The largest absolute Gasteiger partial charge is 0.383 e. The number of hydrogen-bond donors (Lipinski definition) is 1. The molecule has 1 aromatic carbocycles. The van der Waals surface area contributed by atoms with Crippen molar-refractivity contribution < 1.29 is 13.5 Å². The fraction of sp³-hybridized carbons (Fsp3) is 0.333. The van der Waals surface area contributed by atoms with Crippen LogP contribution < -0.4 is 5.32 Å². The Balaban J connectivity index is 1.93. The first-order chi connectivity index (χ1) is 9.69. The van der Waals surface area contributed by atoms with Gasteiger partial charge in [-0.15, -0.1) is 0 Å². The van der Waals surface area contributed by atoms with E-state index in [0.29, 0.717) is 18.7 Å². The number of nitrogens with zero attached hydrogens (tertiary/aromatic N) is 1. The van der Waals surface area contributed by atoms with Crippen molar-refractivity contribution in [2.45, 2.75) is 13.1 Å². The summed E-state index contributed by atoms with van der Waals surface area (Å²) in [6.45, 7) is 2.49. The monoisotopic (exact) mass is 280 g/mol. The summed E-state index contributed by atoms with van der Waals surface area (Å²) in [5.74, 6) is -0.810. The Morgan fingerprint density at radius 2 is 2.10 bits per heavy atom. The van der Waals surface area contributed by atoms with Gasteiger partial charge >= 0.3 is 0 Å². The fourth-order valence-electron chi connectivity index (χ4n) is 1.96. The van der Waals surface area contributed by atoms with Crippen molar-refractivity contribution in [2.75, 3.05) is 20.3 Å². The maximum atomic E-state index is 13.5. The number of halogens is 2. The molecule has 3 nitrogen and oxygen atoms in total. The molecular formula is C15H18F2N2O. The molecule has 2 aromatic rings. The van der Waals surface area contributed by atoms with Gasteiger partial charge in [-0.2, -0.15) is 0 Å². The minimum atomic E-state index is -0.421. The second-order valence-electron chi connectivity index (χ2n) is 4.60. The van der Waals surface area contributed by atoms with Crippen LogP contribution in [0, 0.1) is 11.6 Å². The molecule has 0 atom stereocenters. The van der Waals surface area contributed by atoms with E-state index in [9.17, 15) is 8.78 Å². The standard InChI is InChI=1S/C15H18F2N2O/c1-20-7-5-18-9-12-4-6-19(10-12)11-13-8-14(16)2-3-15(13)17/h2-4,6,8,10,18H,5,7,9,11H2,1H3. The van der Waals surface area contributed by atoms with Crippen LogP contribution in [0.4, 0.5) is 8.78 Å². The summed E-state index contributed by atoms with van der Waals surface area (Å²) >= 11 is 0. The van der Waals surface area contributed by atoms with Crippen LogP contribution in [-0.2, 0) is 17.8 Å². The van der Waals surface area contributed by atoms with Gasteiger partial charge in [-0.3, -0.25) is 0 Å². The van der Waals surface area contributed by atoms with Crippen molar-refractivity contribution in [1.82, 2.24) is 9.88 Å². The van der Waals surface area contributed by atoms with E-state index in [1.807, 2.05) is 23.0 Å². The van der Waals surface area contributed by atoms with E-state index in [2.05, 4.69) is 5.32 Å². The number of nitrogens with one attached hydrogen (secondary N) is 1. The molecule has 108 valence electrons. The molecule has 0 aliphatic heterocycles. The first-order valence-electron chi connectivity index (χ1n) is 6.47. The molecule has 1 N–H and O–H groups in total. The Morgan fingerprint density at radius 1 is 1.25 bits per heavy atom. The first kappa shape index (κ1) is 14.7. The highest BCUT2D eigenvalue weighted by molar-refractivity contribution is 5.20. The number of aromatic nitrogens is 1. The summed E-state index contributed by atoms with van der Waals surface area (Å²) < 4.78 is 33.4. The Morgan fingerprint density at radius 3 is 2.90 bits per heavy atom. The predicted octanol–water partition coefficient (Wildman–Crippen LogP) is 2.55. The molecule has 2 rings (SSSR count). The molecule has 0 saturated carbocycles. The van der Waals surface area contributed by atoms with Gasteiger partial charge in [0.05, 0.1) is 6.61 Å². The predicted molar refractivity (Wildman–Crippen MR) is 73.5 cm³/mol. The smallest absolute Gasteiger partial charge is 0.128 e. The van der Waals surface area contributed by atoms with Gasteiger partial charge in [0.2, 0.25) is 0 Å². The van der Waals surface area contributed by atoms with Crippen LogP contribution in [0.25, 0.3) is 0 Å². The third-order valence-corrected chi connectivity index (χ3v) is 2.98. The summed E-state index contributed by atoms with van der Waals surface area (Å²) in [6, 6.07) is 5.46. The van der Waals surface area contributed by atoms with Crippen molar-refractivity contribution in [3.63, 3.8) is 0 Å². The van der Waals surface area contributed by atoms with E-state index in [0.717, 1.165) is 30.8 Å². The van der Waals surface area contributed by atoms with E-state index in [4.69, 9.17) is 4.74 Å². The lowest BCUT2D eigenvalue weighted by molar-refractivity contribution is 0.199. The van der Waals surface area contributed by atoms with Crippen molar-refractivity contribution in [3.05, 3.63) is 59.4 Å². The molecular weight excluding hydrogens is 262 g/mol. The quantitative estimate of drug-likeness (QED) is 0.789. The van der Waals surface area contributed by atoms with Gasteiger partial charge in [0, 0.05) is 44.7 Å². The lowest BCUT2D eigenvalue weighted by atomic mass is 10.2. The summed E-state index contributed by atoms with van der Waals surface area (Å²) in [6.07, 6.45) is 3.78. The molecule has 20 heavy (non-hydrogen) atoms. The van der Waals surface area contributed by atoms with Gasteiger partial charge in [0.25, 0.3) is 0 Å². The third kappa shape index (κ3) is 4.15. The zero-order valence-corrected chi connectivity index (χ0v) is 11.4. The third-order valence-electron chi connectivity index (χ3n) is 2.98. The van der Waals surface area contributed by atoms with Gasteiger partial charge in [0.15, 0.2) is 0 Å². The molecule has 0 spiro atoms. The molecule has 0 aliphatic rings. The number of benzene rings is 1. The number of ether oxygens (including phenoxy) is 1.